The van der Waals surface area contributed by atoms with Crippen molar-refractivity contribution in [2.24, 2.45) is 0 Å². The zero-order valence-corrected chi connectivity index (χ0v) is 18.4. The Morgan fingerprint density at radius 2 is 1.91 bits per heavy atom. The standard InChI is InChI=1S/C25H24N6O2/c1-16-10-18(11-17(2)23(16)32)21-13-31(25-22(21)24(26)28-14-29-25)19-4-3-5-20(12-19)33-9-8-30-7-6-27-15-30/h3-7,10-15,32H,8-9H2,1-2H3,(H2,26,28,29). The number of phenolic OH excluding ortho intramolecular Hbond substituents is 1. The number of fused-ring (bicyclic) bond motifs is 1. The summed E-state index contributed by atoms with van der Waals surface area (Å²) in [6.45, 7) is 5.01. The van der Waals surface area contributed by atoms with E-state index < -0.39 is 0 Å². The first-order chi connectivity index (χ1) is 16.0. The van der Waals surface area contributed by atoms with Crippen LogP contribution in [-0.2, 0) is 6.54 Å². The number of hydrogen-bond donors (Lipinski definition) is 2. The van der Waals surface area contributed by atoms with Gasteiger partial charge in [0.1, 0.15) is 30.3 Å². The van der Waals surface area contributed by atoms with E-state index >= 15 is 0 Å². The van der Waals surface area contributed by atoms with Gasteiger partial charge in [0.05, 0.1) is 23.9 Å². The van der Waals surface area contributed by atoms with Gasteiger partial charge in [-0.1, -0.05) is 6.07 Å². The summed E-state index contributed by atoms with van der Waals surface area (Å²) < 4.78 is 9.92. The first kappa shape index (κ1) is 20.6. The second-order valence-corrected chi connectivity index (χ2v) is 7.98. The summed E-state index contributed by atoms with van der Waals surface area (Å²) >= 11 is 0. The molecule has 0 radical (unpaired) electrons. The number of benzene rings is 2. The van der Waals surface area contributed by atoms with E-state index in [0.29, 0.717) is 30.4 Å². The van der Waals surface area contributed by atoms with Gasteiger partial charge in [-0.2, -0.15) is 0 Å². The van der Waals surface area contributed by atoms with Crippen LogP contribution in [0, 0.1) is 13.8 Å². The van der Waals surface area contributed by atoms with E-state index in [1.54, 1.807) is 12.5 Å². The number of nitrogen functional groups attached to an aromatic ring is 1. The van der Waals surface area contributed by atoms with Crippen LogP contribution in [-0.4, -0.2) is 35.8 Å². The molecule has 0 bridgehead atoms. The molecule has 8 nitrogen and oxygen atoms in total. The normalized spacial score (nSPS) is 11.2. The Labute approximate surface area is 190 Å². The van der Waals surface area contributed by atoms with E-state index in [-0.39, 0.29) is 0 Å². The Morgan fingerprint density at radius 1 is 1.09 bits per heavy atom. The van der Waals surface area contributed by atoms with Crippen LogP contribution in [0.2, 0.25) is 0 Å². The van der Waals surface area contributed by atoms with Gasteiger partial charge >= 0.3 is 0 Å². The molecule has 3 aromatic heterocycles. The number of rotatable bonds is 6. The fourth-order valence-corrected chi connectivity index (χ4v) is 4.02. The Balaban J connectivity index is 1.55. The van der Waals surface area contributed by atoms with Crippen LogP contribution in [0.4, 0.5) is 5.82 Å². The monoisotopic (exact) mass is 440 g/mol. The van der Waals surface area contributed by atoms with E-state index in [1.807, 2.05) is 71.8 Å². The van der Waals surface area contributed by atoms with Crippen LogP contribution < -0.4 is 10.5 Å². The Bertz CT molecular complexity index is 1420. The van der Waals surface area contributed by atoms with Gasteiger partial charge in [-0.05, 0) is 54.8 Å². The number of aromatic nitrogens is 5. The molecule has 8 heteroatoms. The number of aromatic hydroxyl groups is 1. The molecule has 0 unspecified atom stereocenters. The van der Waals surface area contributed by atoms with Crippen molar-refractivity contribution in [2.75, 3.05) is 12.3 Å². The van der Waals surface area contributed by atoms with Crippen molar-refractivity contribution < 1.29 is 9.84 Å². The van der Waals surface area contributed by atoms with E-state index in [0.717, 1.165) is 39.1 Å². The second kappa shape index (κ2) is 8.31. The number of imidazole rings is 1. The smallest absolute Gasteiger partial charge is 0.150 e. The maximum Gasteiger partial charge on any atom is 0.150 e. The molecular formula is C25H24N6O2. The summed E-state index contributed by atoms with van der Waals surface area (Å²) in [6.07, 6.45) is 8.90. The number of ether oxygens (including phenoxy) is 1. The summed E-state index contributed by atoms with van der Waals surface area (Å²) in [5, 5.41) is 11.0. The highest BCUT2D eigenvalue weighted by Crippen LogP contribution is 2.37. The molecule has 0 aliphatic carbocycles. The Kier molecular flexibility index (Phi) is 5.18. The van der Waals surface area contributed by atoms with Gasteiger partial charge in [0, 0.05) is 30.2 Å². The molecule has 2 aromatic carbocycles. The van der Waals surface area contributed by atoms with Crippen LogP contribution in [0.15, 0.2) is 67.6 Å². The van der Waals surface area contributed by atoms with Gasteiger partial charge in [0.15, 0.2) is 5.65 Å². The van der Waals surface area contributed by atoms with Crippen LogP contribution in [0.1, 0.15) is 11.1 Å². The van der Waals surface area contributed by atoms with E-state index in [4.69, 9.17) is 10.5 Å². The molecule has 5 aromatic rings. The Hall–Kier alpha value is -4.33. The van der Waals surface area contributed by atoms with Crippen molar-refractivity contribution in [2.45, 2.75) is 20.4 Å². The zero-order valence-electron chi connectivity index (χ0n) is 18.4. The van der Waals surface area contributed by atoms with E-state index in [1.165, 1.54) is 6.33 Å². The lowest BCUT2D eigenvalue weighted by Crippen LogP contribution is -2.06. The number of nitrogens with two attached hydrogens (primary N) is 1. The highest BCUT2D eigenvalue weighted by atomic mass is 16.5. The largest absolute Gasteiger partial charge is 0.507 e. The third-order valence-corrected chi connectivity index (χ3v) is 5.69. The first-order valence-corrected chi connectivity index (χ1v) is 10.6. The molecule has 0 amide bonds. The molecule has 0 saturated heterocycles. The maximum atomic E-state index is 10.2. The molecule has 33 heavy (non-hydrogen) atoms. The minimum Gasteiger partial charge on any atom is -0.507 e. The molecule has 3 heterocycles. The summed E-state index contributed by atoms with van der Waals surface area (Å²) in [7, 11) is 0. The molecule has 0 aliphatic rings. The lowest BCUT2D eigenvalue weighted by molar-refractivity contribution is 0.298. The predicted octanol–water partition coefficient (Wildman–Crippen LogP) is 4.27. The molecule has 5 rings (SSSR count). The number of anilines is 1. The number of aryl methyl sites for hydroxylation is 2. The molecular weight excluding hydrogens is 416 g/mol. The zero-order chi connectivity index (χ0) is 22.9. The predicted molar refractivity (Wildman–Crippen MR) is 128 cm³/mol. The average molecular weight is 441 g/mol. The number of phenols is 1. The van der Waals surface area contributed by atoms with Gasteiger partial charge in [-0.3, -0.25) is 0 Å². The van der Waals surface area contributed by atoms with Gasteiger partial charge in [0.25, 0.3) is 0 Å². The molecule has 0 fully saturated rings. The van der Waals surface area contributed by atoms with Gasteiger partial charge in [-0.25, -0.2) is 15.0 Å². The highest BCUT2D eigenvalue weighted by Gasteiger charge is 2.17. The van der Waals surface area contributed by atoms with Crippen molar-refractivity contribution in [3.63, 3.8) is 0 Å². The third-order valence-electron chi connectivity index (χ3n) is 5.69. The lowest BCUT2D eigenvalue weighted by atomic mass is 10.00. The van der Waals surface area contributed by atoms with Crippen LogP contribution in [0.5, 0.6) is 11.5 Å². The van der Waals surface area contributed by atoms with Gasteiger partial charge in [-0.15, -0.1) is 0 Å². The topological polar surface area (TPSA) is 104 Å². The third kappa shape index (κ3) is 3.87. The molecule has 0 spiro atoms. The summed E-state index contributed by atoms with van der Waals surface area (Å²) in [5.41, 5.74) is 11.3. The van der Waals surface area contributed by atoms with Crippen molar-refractivity contribution in [3.8, 4) is 28.3 Å². The number of nitrogens with zero attached hydrogens (tertiary/aromatic N) is 5. The summed E-state index contributed by atoms with van der Waals surface area (Å²) in [5.74, 6) is 1.46. The molecule has 3 N–H and O–H groups in total. The van der Waals surface area contributed by atoms with Crippen molar-refractivity contribution >= 4 is 16.9 Å². The first-order valence-electron chi connectivity index (χ1n) is 10.6. The van der Waals surface area contributed by atoms with Crippen LogP contribution in [0.25, 0.3) is 27.8 Å². The van der Waals surface area contributed by atoms with Crippen molar-refractivity contribution in [1.82, 2.24) is 24.1 Å². The maximum absolute atomic E-state index is 10.2. The molecule has 0 aliphatic heterocycles. The molecule has 0 atom stereocenters. The quantitative estimate of drug-likeness (QED) is 0.409. The van der Waals surface area contributed by atoms with Crippen LogP contribution >= 0.6 is 0 Å². The van der Waals surface area contributed by atoms with Crippen LogP contribution in [0.3, 0.4) is 0 Å². The van der Waals surface area contributed by atoms with Gasteiger partial charge in [0.2, 0.25) is 0 Å². The minimum atomic E-state index is 0.298. The minimum absolute atomic E-state index is 0.298. The van der Waals surface area contributed by atoms with Crippen molar-refractivity contribution in [1.29, 1.82) is 0 Å². The average Bonchev–Trinajstić information content (AvgIpc) is 3.46. The molecule has 166 valence electrons. The van der Waals surface area contributed by atoms with Gasteiger partial charge < -0.3 is 24.7 Å². The lowest BCUT2D eigenvalue weighted by Gasteiger charge is -2.10. The fourth-order valence-electron chi connectivity index (χ4n) is 4.02. The van der Waals surface area contributed by atoms with E-state index in [9.17, 15) is 5.11 Å². The Morgan fingerprint density at radius 3 is 2.67 bits per heavy atom. The van der Waals surface area contributed by atoms with Crippen molar-refractivity contribution in [3.05, 3.63) is 78.8 Å². The number of hydrogen-bond acceptors (Lipinski definition) is 6. The second-order valence-electron chi connectivity index (χ2n) is 7.98. The van der Waals surface area contributed by atoms with E-state index in [2.05, 4.69) is 15.0 Å². The summed E-state index contributed by atoms with van der Waals surface area (Å²) in [4.78, 5) is 12.8. The molecule has 0 saturated carbocycles. The SMILES string of the molecule is Cc1cc(-c2cn(-c3cccc(OCCn4ccnc4)c3)c3ncnc(N)c23)cc(C)c1O. The summed E-state index contributed by atoms with van der Waals surface area (Å²) in [6, 6.07) is 11.8. The fraction of sp³-hybridized carbons (Fsp3) is 0.160. The highest BCUT2D eigenvalue weighted by molar-refractivity contribution is 6.01.